The molecule has 15 heavy (non-hydrogen) atoms. The van der Waals surface area contributed by atoms with Crippen LogP contribution in [-0.4, -0.2) is 32.4 Å². The zero-order valence-electron chi connectivity index (χ0n) is 8.27. The molecule has 1 atom stereocenters. The molecule has 0 aromatic carbocycles. The van der Waals surface area contributed by atoms with Gasteiger partial charge in [-0.2, -0.15) is 10.2 Å². The Kier molecular flexibility index (Phi) is 3.30. The molecule has 0 aliphatic carbocycles. The molecule has 1 saturated heterocycles. The molecule has 0 N–H and O–H groups in total. The largest absolute Gasteiger partial charge is 0.336 e. The van der Waals surface area contributed by atoms with Crippen LogP contribution in [0.3, 0.4) is 0 Å². The fourth-order valence-electron chi connectivity index (χ4n) is 1.66. The predicted molar refractivity (Wildman–Crippen MR) is 59.4 cm³/mol. The molecule has 1 amide bonds. The van der Waals surface area contributed by atoms with Gasteiger partial charge in [0.05, 0.1) is 17.1 Å². The first-order valence-corrected chi connectivity index (χ1v) is 5.88. The maximum atomic E-state index is 11.8. The summed E-state index contributed by atoms with van der Waals surface area (Å²) in [4.78, 5) is 13.6. The minimum Gasteiger partial charge on any atom is -0.336 e. The highest BCUT2D eigenvalue weighted by atomic mass is 79.9. The normalized spacial score (nSPS) is 21.8. The highest BCUT2D eigenvalue weighted by molar-refractivity contribution is 9.10. The van der Waals surface area contributed by atoms with Gasteiger partial charge in [-0.15, -0.1) is 0 Å². The summed E-state index contributed by atoms with van der Waals surface area (Å²) >= 11 is 3.38. The van der Waals surface area contributed by atoms with Crippen molar-refractivity contribution < 1.29 is 4.79 Å². The van der Waals surface area contributed by atoms with Crippen LogP contribution >= 0.6 is 15.9 Å². The van der Waals surface area contributed by atoms with Crippen LogP contribution in [0.1, 0.15) is 18.5 Å². The van der Waals surface area contributed by atoms with Gasteiger partial charge in [0.15, 0.2) is 0 Å². The smallest absolute Gasteiger partial charge is 0.236 e. The minimum atomic E-state index is -0.0251. The van der Waals surface area contributed by atoms with Crippen molar-refractivity contribution in [3.63, 3.8) is 0 Å². The number of nitrogens with zero attached hydrogens (tertiary/aromatic N) is 3. The molecule has 0 spiro atoms. The fourth-order valence-corrected chi connectivity index (χ4v) is 2.28. The topological polar surface area (TPSA) is 46.1 Å². The van der Waals surface area contributed by atoms with Gasteiger partial charge in [-0.3, -0.25) is 4.79 Å². The second-order valence-corrected chi connectivity index (χ2v) is 4.69. The highest BCUT2D eigenvalue weighted by Crippen LogP contribution is 2.19. The van der Waals surface area contributed by atoms with Crippen molar-refractivity contribution in [2.45, 2.75) is 24.2 Å². The molecule has 0 bridgehead atoms. The third kappa shape index (κ3) is 2.53. The van der Waals surface area contributed by atoms with Crippen molar-refractivity contribution in [2.75, 3.05) is 6.54 Å². The van der Waals surface area contributed by atoms with Crippen LogP contribution in [0.15, 0.2) is 18.3 Å². The molecule has 1 aliphatic rings. The average molecular weight is 270 g/mol. The zero-order chi connectivity index (χ0) is 10.7. The number of halogens is 1. The molecular weight excluding hydrogens is 258 g/mol. The van der Waals surface area contributed by atoms with Crippen molar-refractivity contribution >= 4 is 21.8 Å². The fraction of sp³-hybridized carbons (Fsp3) is 0.500. The number of hydrogen-bond donors (Lipinski definition) is 0. The lowest BCUT2D eigenvalue weighted by Gasteiger charge is -2.29. The Morgan fingerprint density at radius 1 is 1.60 bits per heavy atom. The number of likely N-dealkylation sites (tertiary alicyclic amines) is 1. The quantitative estimate of drug-likeness (QED) is 0.762. The van der Waals surface area contributed by atoms with Crippen LogP contribution in [0.25, 0.3) is 0 Å². The van der Waals surface area contributed by atoms with E-state index in [4.69, 9.17) is 0 Å². The number of alkyl halides is 1. The van der Waals surface area contributed by atoms with E-state index in [1.165, 1.54) is 0 Å². The van der Waals surface area contributed by atoms with Gasteiger partial charge < -0.3 is 4.90 Å². The third-order valence-corrected chi connectivity index (χ3v) is 3.30. The van der Waals surface area contributed by atoms with Gasteiger partial charge in [-0.05, 0) is 25.0 Å². The van der Waals surface area contributed by atoms with E-state index in [0.29, 0.717) is 6.54 Å². The van der Waals surface area contributed by atoms with Gasteiger partial charge in [0, 0.05) is 12.7 Å². The third-order valence-electron chi connectivity index (χ3n) is 2.45. The Bertz CT molecular complexity index is 344. The predicted octanol–water partition coefficient (Wildman–Crippen LogP) is 1.36. The first kappa shape index (κ1) is 10.5. The minimum absolute atomic E-state index is 0.0251. The van der Waals surface area contributed by atoms with Crippen LogP contribution in [-0.2, 0) is 11.3 Å². The Morgan fingerprint density at radius 2 is 2.47 bits per heavy atom. The number of piperidine rings is 1. The lowest BCUT2D eigenvalue weighted by molar-refractivity contribution is -0.133. The van der Waals surface area contributed by atoms with Crippen molar-refractivity contribution in [1.29, 1.82) is 0 Å². The molecule has 0 radical (unpaired) electrons. The van der Waals surface area contributed by atoms with Gasteiger partial charge in [-0.25, -0.2) is 0 Å². The highest BCUT2D eigenvalue weighted by Gasteiger charge is 2.26. The summed E-state index contributed by atoms with van der Waals surface area (Å²) in [6.45, 7) is 1.38. The van der Waals surface area contributed by atoms with E-state index in [2.05, 4.69) is 26.1 Å². The van der Waals surface area contributed by atoms with Crippen molar-refractivity contribution in [1.82, 2.24) is 15.1 Å². The molecule has 0 saturated carbocycles. The number of amides is 1. The maximum Gasteiger partial charge on any atom is 0.236 e. The summed E-state index contributed by atoms with van der Waals surface area (Å²) in [5, 5.41) is 7.77. The second kappa shape index (κ2) is 4.70. The van der Waals surface area contributed by atoms with Crippen LogP contribution in [0.4, 0.5) is 0 Å². The number of carbonyl (C=O) groups is 1. The summed E-state index contributed by atoms with van der Waals surface area (Å²) in [6, 6.07) is 3.72. The molecule has 4 nitrogen and oxygen atoms in total. The van der Waals surface area contributed by atoms with Crippen LogP contribution < -0.4 is 0 Å². The SMILES string of the molecule is O=C1C(Br)CCCN1Cc1cccnn1. The Labute approximate surface area is 96.8 Å². The standard InChI is InChI=1S/C10H12BrN3O/c11-9-4-2-6-14(10(9)15)7-8-3-1-5-12-13-8/h1,3,5,9H,2,4,6-7H2. The second-order valence-electron chi connectivity index (χ2n) is 3.58. The van der Waals surface area contributed by atoms with Gasteiger partial charge in [-0.1, -0.05) is 15.9 Å². The zero-order valence-corrected chi connectivity index (χ0v) is 9.85. The number of rotatable bonds is 2. The Morgan fingerprint density at radius 3 is 3.20 bits per heavy atom. The van der Waals surface area contributed by atoms with E-state index < -0.39 is 0 Å². The van der Waals surface area contributed by atoms with Gasteiger partial charge in [0.25, 0.3) is 0 Å². The van der Waals surface area contributed by atoms with E-state index in [-0.39, 0.29) is 10.7 Å². The molecule has 2 rings (SSSR count). The lowest BCUT2D eigenvalue weighted by Crippen LogP contribution is -2.41. The van der Waals surface area contributed by atoms with Crippen LogP contribution in [0, 0.1) is 0 Å². The molecule has 1 aliphatic heterocycles. The number of carbonyl (C=O) groups excluding carboxylic acids is 1. The number of hydrogen-bond acceptors (Lipinski definition) is 3. The maximum absolute atomic E-state index is 11.8. The van der Waals surface area contributed by atoms with Crippen molar-refractivity contribution in [3.05, 3.63) is 24.0 Å². The van der Waals surface area contributed by atoms with E-state index in [1.54, 1.807) is 6.20 Å². The van der Waals surface area contributed by atoms with E-state index >= 15 is 0 Å². The summed E-state index contributed by atoms with van der Waals surface area (Å²) < 4.78 is 0. The van der Waals surface area contributed by atoms with E-state index in [1.807, 2.05) is 17.0 Å². The van der Waals surface area contributed by atoms with Gasteiger partial charge >= 0.3 is 0 Å². The van der Waals surface area contributed by atoms with Crippen LogP contribution in [0.2, 0.25) is 0 Å². The lowest BCUT2D eigenvalue weighted by atomic mass is 10.1. The summed E-state index contributed by atoms with van der Waals surface area (Å²) in [6.07, 6.45) is 3.60. The van der Waals surface area contributed by atoms with Gasteiger partial charge in [0.1, 0.15) is 0 Å². The first-order valence-electron chi connectivity index (χ1n) is 4.97. The Balaban J connectivity index is 2.03. The molecule has 5 heteroatoms. The first-order chi connectivity index (χ1) is 7.27. The molecule has 80 valence electrons. The molecule has 1 aromatic rings. The molecule has 1 fully saturated rings. The molecule has 1 unspecified atom stereocenters. The van der Waals surface area contributed by atoms with E-state index in [0.717, 1.165) is 25.1 Å². The average Bonchev–Trinajstić information content (AvgIpc) is 2.26. The summed E-state index contributed by atoms with van der Waals surface area (Å²) in [5.41, 5.74) is 0.840. The summed E-state index contributed by atoms with van der Waals surface area (Å²) in [5.74, 6) is 0.159. The van der Waals surface area contributed by atoms with E-state index in [9.17, 15) is 4.79 Å². The molecule has 1 aromatic heterocycles. The van der Waals surface area contributed by atoms with Gasteiger partial charge in [0.2, 0.25) is 5.91 Å². The van der Waals surface area contributed by atoms with Crippen molar-refractivity contribution in [3.8, 4) is 0 Å². The summed E-state index contributed by atoms with van der Waals surface area (Å²) in [7, 11) is 0. The molecular formula is C10H12BrN3O. The van der Waals surface area contributed by atoms with Crippen LogP contribution in [0.5, 0.6) is 0 Å². The monoisotopic (exact) mass is 269 g/mol. The number of aromatic nitrogens is 2. The van der Waals surface area contributed by atoms with Crippen molar-refractivity contribution in [2.24, 2.45) is 0 Å². The molecule has 2 heterocycles. The Hall–Kier alpha value is -0.970.